The fourth-order valence-corrected chi connectivity index (χ4v) is 10.5. The van der Waals surface area contributed by atoms with E-state index in [2.05, 4.69) is 14.1 Å². The zero-order chi connectivity index (χ0) is 49.9. The molecule has 2 aliphatic heterocycles. The van der Waals surface area contributed by atoms with Crippen LogP contribution in [-0.2, 0) is 64.8 Å². The van der Waals surface area contributed by atoms with Crippen LogP contribution in [0, 0.1) is 0 Å². The van der Waals surface area contributed by atoms with Crippen LogP contribution < -0.4 is 28.4 Å². The lowest BCUT2D eigenvalue weighted by molar-refractivity contribution is -0.941. The van der Waals surface area contributed by atoms with Crippen LogP contribution in [0.15, 0.2) is 60.7 Å². The summed E-state index contributed by atoms with van der Waals surface area (Å²) >= 11 is 0. The van der Waals surface area contributed by atoms with Gasteiger partial charge in [0.05, 0.1) is 128 Å². The third-order valence-corrected chi connectivity index (χ3v) is 14.0. The number of hydrogen-bond donors (Lipinski definition) is 4. The van der Waals surface area contributed by atoms with Gasteiger partial charge in [-0.05, 0) is 64.7 Å². The Kier molecular flexibility index (Phi) is 18.0. The van der Waals surface area contributed by atoms with Gasteiger partial charge >= 0.3 is 11.9 Å². The van der Waals surface area contributed by atoms with Gasteiger partial charge in [0.1, 0.15) is 23.6 Å². The number of hydrogen-bond acceptors (Lipinski definition) is 14. The number of rotatable bonds is 23. The highest BCUT2D eigenvalue weighted by molar-refractivity contribution is 5.91. The number of aliphatic hydroxyl groups excluding tert-OH is 4. The van der Waals surface area contributed by atoms with Crippen LogP contribution >= 0.6 is 0 Å². The van der Waals surface area contributed by atoms with Crippen LogP contribution in [0.5, 0.6) is 34.5 Å². The van der Waals surface area contributed by atoms with Crippen molar-refractivity contribution in [3.05, 3.63) is 116 Å². The molecule has 0 radical (unpaired) electrons. The molecule has 4 N–H and O–H groups in total. The molecule has 4 unspecified atom stereocenters. The Hall–Kier alpha value is -5.88. The van der Waals surface area contributed by atoms with Gasteiger partial charge in [0.2, 0.25) is 0 Å². The van der Waals surface area contributed by atoms with Gasteiger partial charge in [0.15, 0.2) is 23.0 Å². The molecule has 4 aromatic rings. The van der Waals surface area contributed by atoms with Crippen LogP contribution in [0.2, 0.25) is 0 Å². The number of nitrogens with zero attached hydrogens (tertiary/aromatic N) is 2. The minimum atomic E-state index is -0.664. The third kappa shape index (κ3) is 11.4. The Morgan fingerprint density at radius 1 is 0.594 bits per heavy atom. The zero-order valence-electron chi connectivity index (χ0n) is 41.3. The summed E-state index contributed by atoms with van der Waals surface area (Å²) in [5, 5.41) is 41.0. The molecule has 0 spiro atoms. The predicted molar refractivity (Wildman–Crippen MR) is 257 cm³/mol. The van der Waals surface area contributed by atoms with E-state index in [-0.39, 0.29) is 51.7 Å². The number of ether oxygens (including phenoxy) is 8. The second-order valence-corrected chi connectivity index (χ2v) is 18.1. The number of carbonyl (C=O) groups excluding carboxylic acids is 2. The Labute approximate surface area is 405 Å². The maximum atomic E-state index is 12.9. The van der Waals surface area contributed by atoms with E-state index in [1.807, 2.05) is 48.5 Å². The summed E-state index contributed by atoms with van der Waals surface area (Å²) in [6, 6.07) is 15.3. The number of likely N-dealkylation sites (N-methyl/N-ethyl adjacent to an activating group) is 2. The van der Waals surface area contributed by atoms with E-state index in [0.29, 0.717) is 111 Å². The van der Waals surface area contributed by atoms with Gasteiger partial charge in [-0.15, -0.1) is 0 Å². The minimum absolute atomic E-state index is 0.0339. The number of quaternary nitrogens is 2. The number of carbonyl (C=O) groups is 2. The van der Waals surface area contributed by atoms with Gasteiger partial charge in [0.25, 0.3) is 0 Å². The monoisotopic (exact) mass is 958 g/mol. The molecule has 0 amide bonds. The molecule has 16 nitrogen and oxygen atoms in total. The average Bonchev–Trinajstić information content (AvgIpc) is 3.37. The lowest BCUT2D eigenvalue weighted by atomic mass is 9.82. The quantitative estimate of drug-likeness (QED) is 0.0328. The smallest absolute Gasteiger partial charge is 0.331 e. The first kappa shape index (κ1) is 52.5. The van der Waals surface area contributed by atoms with Crippen molar-refractivity contribution in [3.63, 3.8) is 0 Å². The van der Waals surface area contributed by atoms with Gasteiger partial charge in [-0.25, -0.2) is 9.59 Å². The van der Waals surface area contributed by atoms with Gasteiger partial charge in [0, 0.05) is 72.1 Å². The minimum Gasteiger partial charge on any atom is -0.496 e. The molecule has 0 saturated heterocycles. The second kappa shape index (κ2) is 23.6. The van der Waals surface area contributed by atoms with E-state index < -0.39 is 11.9 Å². The first-order valence-corrected chi connectivity index (χ1v) is 23.3. The summed E-state index contributed by atoms with van der Waals surface area (Å²) in [5.41, 5.74) is 8.45. The molecular weight excluding hydrogens is 889 g/mol. The molecule has 374 valence electrons. The SMILES string of the molecule is COc1ccc(C2c3c(cc(CO)c(CO)c3OC)CC[N+]2(C)CCCOC(=O)/C=C\C(=O)OCCC[N+]2(C)CCc3cc(OC)c(OC)cc3C2Cc2cc(CO)c(OC)c(OC)c2)cc1CO. The van der Waals surface area contributed by atoms with Crippen LogP contribution in [0.3, 0.4) is 0 Å². The highest BCUT2D eigenvalue weighted by atomic mass is 16.5. The summed E-state index contributed by atoms with van der Waals surface area (Å²) in [6.07, 6.45) is 5.32. The van der Waals surface area contributed by atoms with Gasteiger partial charge in [-0.1, -0.05) is 6.07 Å². The number of fused-ring (bicyclic) bond motifs is 2. The van der Waals surface area contributed by atoms with Crippen molar-refractivity contribution in [2.75, 3.05) is 96.1 Å². The Bertz CT molecular complexity index is 2450. The van der Waals surface area contributed by atoms with Crippen molar-refractivity contribution in [2.24, 2.45) is 0 Å². The highest BCUT2D eigenvalue weighted by Crippen LogP contribution is 2.48. The van der Waals surface area contributed by atoms with Crippen LogP contribution in [0.25, 0.3) is 0 Å². The van der Waals surface area contributed by atoms with Crippen LogP contribution in [0.1, 0.15) is 80.6 Å². The molecule has 4 atom stereocenters. The van der Waals surface area contributed by atoms with E-state index in [1.54, 1.807) is 42.7 Å². The lowest BCUT2D eigenvalue weighted by Gasteiger charge is -2.46. The van der Waals surface area contributed by atoms with Gasteiger partial charge < -0.3 is 67.3 Å². The van der Waals surface area contributed by atoms with Crippen molar-refractivity contribution in [1.82, 2.24) is 0 Å². The number of aliphatic hydroxyl groups is 4. The molecule has 69 heavy (non-hydrogen) atoms. The second-order valence-electron chi connectivity index (χ2n) is 18.1. The fourth-order valence-electron chi connectivity index (χ4n) is 10.5. The molecule has 4 aromatic carbocycles. The molecule has 16 heteroatoms. The maximum absolute atomic E-state index is 12.9. The maximum Gasteiger partial charge on any atom is 0.331 e. The van der Waals surface area contributed by atoms with Crippen LogP contribution in [-0.4, -0.2) is 137 Å². The summed E-state index contributed by atoms with van der Waals surface area (Å²) in [7, 11) is 13.8. The summed E-state index contributed by atoms with van der Waals surface area (Å²) in [6.45, 7) is 2.04. The molecular formula is C53H70N2O14+2. The summed E-state index contributed by atoms with van der Waals surface area (Å²) < 4.78 is 46.3. The topological polar surface area (TPSA) is 189 Å². The summed E-state index contributed by atoms with van der Waals surface area (Å²) in [4.78, 5) is 25.7. The molecule has 0 saturated carbocycles. The third-order valence-electron chi connectivity index (χ3n) is 14.0. The van der Waals surface area contributed by atoms with E-state index in [4.69, 9.17) is 37.9 Å². The Balaban J connectivity index is 1.08. The van der Waals surface area contributed by atoms with Crippen molar-refractivity contribution >= 4 is 11.9 Å². The predicted octanol–water partition coefficient (Wildman–Crippen LogP) is 5.21. The highest BCUT2D eigenvalue weighted by Gasteiger charge is 2.44. The molecule has 0 fully saturated rings. The summed E-state index contributed by atoms with van der Waals surface area (Å²) in [5.74, 6) is 2.10. The Morgan fingerprint density at radius 2 is 1.17 bits per heavy atom. The van der Waals surface area contributed by atoms with E-state index in [0.717, 1.165) is 52.9 Å². The van der Waals surface area contributed by atoms with Crippen molar-refractivity contribution in [2.45, 2.75) is 70.6 Å². The fraction of sp³-hybridized carbons (Fsp3) is 0.472. The molecule has 2 aliphatic rings. The van der Waals surface area contributed by atoms with Gasteiger partial charge in [-0.3, -0.25) is 0 Å². The zero-order valence-corrected chi connectivity index (χ0v) is 41.3. The molecule has 6 rings (SSSR count). The van der Waals surface area contributed by atoms with Crippen molar-refractivity contribution in [1.29, 1.82) is 0 Å². The Morgan fingerprint density at radius 3 is 1.75 bits per heavy atom. The van der Waals surface area contributed by atoms with Crippen molar-refractivity contribution < 1.29 is 76.9 Å². The molecule has 0 aromatic heterocycles. The molecule has 0 aliphatic carbocycles. The van der Waals surface area contributed by atoms with E-state index >= 15 is 0 Å². The largest absolute Gasteiger partial charge is 0.496 e. The molecule has 0 bridgehead atoms. The first-order chi connectivity index (χ1) is 33.3. The van der Waals surface area contributed by atoms with Gasteiger partial charge in [-0.2, -0.15) is 0 Å². The normalized spacial score (nSPS) is 19.6. The van der Waals surface area contributed by atoms with Crippen LogP contribution in [0.4, 0.5) is 0 Å². The first-order valence-electron chi connectivity index (χ1n) is 23.3. The average molecular weight is 959 g/mol. The van der Waals surface area contributed by atoms with E-state index in [9.17, 15) is 30.0 Å². The number of methoxy groups -OCH3 is 6. The standard InChI is InChI=1S/C53H70N2O14/c1-54(19-15-35-28-45(63-4)46(64-5)29-41(35)43(54)24-34-23-40(32-58)52(66-7)47(25-34)65-6)17-9-21-68-48(60)13-14-49(61)69-22-10-18-55(2)20-16-36-26-38(30-56)42(33-59)53(67-8)50(36)51(55)37-11-12-44(62-3)39(27-37)31-57/h11-14,23,25-29,43,51,56-59H,9-10,15-22,24,30-33H2,1-8H3/q+2/b14-13-. The number of benzene rings is 4. The molecule has 2 heterocycles. The van der Waals surface area contributed by atoms with E-state index in [1.165, 1.54) is 5.56 Å². The van der Waals surface area contributed by atoms with Crippen molar-refractivity contribution in [3.8, 4) is 34.5 Å². The number of esters is 2. The lowest BCUT2D eigenvalue weighted by Crippen LogP contribution is -2.52.